The molecule has 0 aromatic carbocycles. The fraction of sp³-hybridized carbons (Fsp3) is 0.917. The lowest BCUT2D eigenvalue weighted by molar-refractivity contribution is -0.134. The number of hydrogen-bond acceptors (Lipinski definition) is 3. The van der Waals surface area contributed by atoms with Crippen LogP contribution in [0.15, 0.2) is 0 Å². The number of carbonyl (C=O) groups excluding carboxylic acids is 1. The molecule has 1 atom stereocenters. The SMILES string of the molecule is CC1(C)CNC(CCO)C(=O)N(C2CC2)C1. The van der Waals surface area contributed by atoms with Crippen molar-refractivity contribution >= 4 is 5.91 Å². The number of aliphatic hydroxyl groups excluding tert-OH is 1. The largest absolute Gasteiger partial charge is 0.396 e. The van der Waals surface area contributed by atoms with Crippen molar-refractivity contribution < 1.29 is 9.90 Å². The van der Waals surface area contributed by atoms with E-state index in [1.807, 2.05) is 4.90 Å². The van der Waals surface area contributed by atoms with Crippen molar-refractivity contribution in [2.45, 2.75) is 45.2 Å². The molecule has 2 aliphatic rings. The number of hydrogen-bond donors (Lipinski definition) is 2. The number of nitrogens with one attached hydrogen (secondary N) is 1. The van der Waals surface area contributed by atoms with Crippen LogP contribution in [-0.2, 0) is 4.79 Å². The molecular weight excluding hydrogens is 204 g/mol. The second-order valence-corrected chi connectivity index (χ2v) is 5.81. The van der Waals surface area contributed by atoms with Gasteiger partial charge < -0.3 is 15.3 Å². The summed E-state index contributed by atoms with van der Waals surface area (Å²) in [7, 11) is 0. The van der Waals surface area contributed by atoms with E-state index in [2.05, 4.69) is 19.2 Å². The van der Waals surface area contributed by atoms with Gasteiger partial charge in [0, 0.05) is 25.7 Å². The van der Waals surface area contributed by atoms with E-state index in [4.69, 9.17) is 5.11 Å². The predicted octanol–water partition coefficient (Wildman–Crippen LogP) is 0.358. The van der Waals surface area contributed by atoms with E-state index < -0.39 is 0 Å². The third-order valence-corrected chi connectivity index (χ3v) is 3.41. The van der Waals surface area contributed by atoms with Crippen molar-refractivity contribution in [2.24, 2.45) is 5.41 Å². The van der Waals surface area contributed by atoms with Gasteiger partial charge in [-0.3, -0.25) is 4.79 Å². The molecule has 0 bridgehead atoms. The van der Waals surface area contributed by atoms with Gasteiger partial charge >= 0.3 is 0 Å². The van der Waals surface area contributed by atoms with Gasteiger partial charge in [0.25, 0.3) is 0 Å². The number of amides is 1. The average molecular weight is 226 g/mol. The van der Waals surface area contributed by atoms with Crippen molar-refractivity contribution in [2.75, 3.05) is 19.7 Å². The molecular formula is C12H22N2O2. The van der Waals surface area contributed by atoms with E-state index in [1.165, 1.54) is 0 Å². The molecule has 1 aliphatic carbocycles. The summed E-state index contributed by atoms with van der Waals surface area (Å²) in [5.41, 5.74) is 0.127. The molecule has 4 heteroatoms. The molecule has 16 heavy (non-hydrogen) atoms. The fourth-order valence-electron chi connectivity index (χ4n) is 2.33. The molecule has 1 amide bonds. The highest BCUT2D eigenvalue weighted by molar-refractivity contribution is 5.82. The first kappa shape index (κ1) is 11.9. The lowest BCUT2D eigenvalue weighted by Gasteiger charge is -2.29. The van der Waals surface area contributed by atoms with E-state index in [0.717, 1.165) is 25.9 Å². The van der Waals surface area contributed by atoms with Crippen molar-refractivity contribution in [3.05, 3.63) is 0 Å². The quantitative estimate of drug-likeness (QED) is 0.730. The molecule has 0 aromatic heterocycles. The van der Waals surface area contributed by atoms with Crippen molar-refractivity contribution in [3.8, 4) is 0 Å². The monoisotopic (exact) mass is 226 g/mol. The molecule has 1 unspecified atom stereocenters. The van der Waals surface area contributed by atoms with Crippen LogP contribution in [0.5, 0.6) is 0 Å². The topological polar surface area (TPSA) is 52.6 Å². The predicted molar refractivity (Wildman–Crippen MR) is 62.0 cm³/mol. The summed E-state index contributed by atoms with van der Waals surface area (Å²) in [4.78, 5) is 14.3. The van der Waals surface area contributed by atoms with Gasteiger partial charge in [-0.05, 0) is 24.7 Å². The van der Waals surface area contributed by atoms with Gasteiger partial charge in [-0.15, -0.1) is 0 Å². The Morgan fingerprint density at radius 3 is 2.75 bits per heavy atom. The summed E-state index contributed by atoms with van der Waals surface area (Å²) in [6, 6.07) is 0.278. The Morgan fingerprint density at radius 1 is 1.50 bits per heavy atom. The maximum Gasteiger partial charge on any atom is 0.240 e. The molecule has 2 N–H and O–H groups in total. The van der Waals surface area contributed by atoms with Crippen LogP contribution in [0.4, 0.5) is 0 Å². The van der Waals surface area contributed by atoms with E-state index in [9.17, 15) is 4.79 Å². The zero-order valence-corrected chi connectivity index (χ0v) is 10.2. The van der Waals surface area contributed by atoms with Crippen LogP contribution in [-0.4, -0.2) is 47.7 Å². The van der Waals surface area contributed by atoms with Gasteiger partial charge in [0.15, 0.2) is 0 Å². The third-order valence-electron chi connectivity index (χ3n) is 3.41. The molecule has 1 heterocycles. The average Bonchev–Trinajstić information content (AvgIpc) is 3.02. The highest BCUT2D eigenvalue weighted by atomic mass is 16.3. The van der Waals surface area contributed by atoms with Crippen molar-refractivity contribution in [3.63, 3.8) is 0 Å². The first-order valence-electron chi connectivity index (χ1n) is 6.18. The standard InChI is InChI=1S/C12H22N2O2/c1-12(2)7-13-10(5-6-15)11(16)14(8-12)9-3-4-9/h9-10,13,15H,3-8H2,1-2H3. The first-order chi connectivity index (χ1) is 7.53. The maximum atomic E-state index is 12.3. The highest BCUT2D eigenvalue weighted by Crippen LogP contribution is 2.32. The van der Waals surface area contributed by atoms with Crippen molar-refractivity contribution in [1.82, 2.24) is 10.2 Å². The van der Waals surface area contributed by atoms with Gasteiger partial charge in [-0.1, -0.05) is 13.8 Å². The van der Waals surface area contributed by atoms with Gasteiger partial charge in [0.2, 0.25) is 5.91 Å². The Labute approximate surface area is 97.0 Å². The number of rotatable bonds is 3. The number of nitrogens with zero attached hydrogens (tertiary/aromatic N) is 1. The maximum absolute atomic E-state index is 12.3. The zero-order valence-electron chi connectivity index (χ0n) is 10.2. The van der Waals surface area contributed by atoms with E-state index in [1.54, 1.807) is 0 Å². The lowest BCUT2D eigenvalue weighted by atomic mass is 9.93. The van der Waals surface area contributed by atoms with Crippen molar-refractivity contribution in [1.29, 1.82) is 0 Å². The Morgan fingerprint density at radius 2 is 2.19 bits per heavy atom. The molecule has 0 radical (unpaired) electrons. The summed E-state index contributed by atoms with van der Waals surface area (Å²) >= 11 is 0. The molecule has 0 spiro atoms. The summed E-state index contributed by atoms with van der Waals surface area (Å²) in [5, 5.41) is 12.3. The van der Waals surface area contributed by atoms with Crippen LogP contribution in [0, 0.1) is 5.41 Å². The first-order valence-corrected chi connectivity index (χ1v) is 6.18. The minimum atomic E-state index is -0.188. The van der Waals surface area contributed by atoms with Gasteiger partial charge in [0.1, 0.15) is 0 Å². The van der Waals surface area contributed by atoms with E-state index in [0.29, 0.717) is 12.5 Å². The number of carbonyl (C=O) groups is 1. The van der Waals surface area contributed by atoms with Gasteiger partial charge in [-0.25, -0.2) is 0 Å². The Balaban J connectivity index is 2.11. The normalized spacial score (nSPS) is 30.3. The lowest BCUT2D eigenvalue weighted by Crippen LogP contribution is -2.45. The minimum absolute atomic E-state index is 0.0718. The van der Waals surface area contributed by atoms with Gasteiger partial charge in [0.05, 0.1) is 6.04 Å². The fourth-order valence-corrected chi connectivity index (χ4v) is 2.33. The number of aliphatic hydroxyl groups is 1. The molecule has 92 valence electrons. The Bertz CT molecular complexity index is 274. The molecule has 2 rings (SSSR count). The molecule has 1 aliphatic heterocycles. The summed E-state index contributed by atoms with van der Waals surface area (Å²) in [5.74, 6) is 0.183. The van der Waals surface area contributed by atoms with Crippen LogP contribution in [0.25, 0.3) is 0 Å². The minimum Gasteiger partial charge on any atom is -0.396 e. The Hall–Kier alpha value is -0.610. The van der Waals surface area contributed by atoms with Gasteiger partial charge in [-0.2, -0.15) is 0 Å². The zero-order chi connectivity index (χ0) is 11.8. The smallest absolute Gasteiger partial charge is 0.240 e. The van der Waals surface area contributed by atoms with Crippen LogP contribution in [0.3, 0.4) is 0 Å². The highest BCUT2D eigenvalue weighted by Gasteiger charge is 2.41. The molecule has 1 saturated carbocycles. The molecule has 1 saturated heterocycles. The van der Waals surface area contributed by atoms with E-state index >= 15 is 0 Å². The Kier molecular flexibility index (Phi) is 3.22. The summed E-state index contributed by atoms with van der Waals surface area (Å²) < 4.78 is 0. The molecule has 4 nitrogen and oxygen atoms in total. The molecule has 0 aromatic rings. The van der Waals surface area contributed by atoms with E-state index in [-0.39, 0.29) is 24.0 Å². The second kappa shape index (κ2) is 4.34. The second-order valence-electron chi connectivity index (χ2n) is 5.81. The van der Waals surface area contributed by atoms with Crippen LogP contribution in [0.2, 0.25) is 0 Å². The van der Waals surface area contributed by atoms with Crippen LogP contribution < -0.4 is 5.32 Å². The summed E-state index contributed by atoms with van der Waals surface area (Å²) in [6.45, 7) is 6.12. The van der Waals surface area contributed by atoms with Crippen LogP contribution in [0.1, 0.15) is 33.1 Å². The molecule has 2 fully saturated rings. The van der Waals surface area contributed by atoms with Crippen LogP contribution >= 0.6 is 0 Å². The summed E-state index contributed by atoms with van der Waals surface area (Å²) in [6.07, 6.45) is 2.82. The third kappa shape index (κ3) is 2.55.